The summed E-state index contributed by atoms with van der Waals surface area (Å²) in [5.74, 6) is 0.373. The molecule has 2 aromatic rings. The molecule has 3 aliphatic rings. The van der Waals surface area contributed by atoms with Crippen molar-refractivity contribution >= 4 is 29.1 Å². The number of carbonyl (C=O) groups excluding carboxylic acids is 3. The summed E-state index contributed by atoms with van der Waals surface area (Å²) in [4.78, 5) is 39.3. The normalized spacial score (nSPS) is 18.9. The van der Waals surface area contributed by atoms with E-state index in [0.717, 1.165) is 36.8 Å². The van der Waals surface area contributed by atoms with Crippen molar-refractivity contribution < 1.29 is 19.1 Å². The number of rotatable bonds is 5. The zero-order valence-electron chi connectivity index (χ0n) is 18.0. The third kappa shape index (κ3) is 4.07. The summed E-state index contributed by atoms with van der Waals surface area (Å²) in [5.41, 5.74) is 2.88. The molecule has 1 fully saturated rings. The summed E-state index contributed by atoms with van der Waals surface area (Å²) in [7, 11) is 0. The summed E-state index contributed by atoms with van der Waals surface area (Å²) in [6, 6.07) is 13.0. The summed E-state index contributed by atoms with van der Waals surface area (Å²) in [5, 5.41) is 5.74. The Balaban J connectivity index is 1.28. The molecule has 0 bridgehead atoms. The lowest BCUT2D eigenvalue weighted by Gasteiger charge is -2.39. The molecule has 2 heterocycles. The number of carbonyl (C=O) groups is 3. The van der Waals surface area contributed by atoms with E-state index in [1.165, 1.54) is 6.42 Å². The molecular weight excluding hydrogens is 406 g/mol. The first-order valence-electron chi connectivity index (χ1n) is 11.3. The standard InChI is InChI=1S/C25H27N3O4/c29-22(26-18-8-9-20-21(12-18)32-15-23(30)27-20)13-25(10-4-1-5-11-25)16-28-14-17-6-2-3-7-19(17)24(28)31/h2-3,6-9,12H,1,4-5,10-11,13-16H2,(H,26,29)(H,27,30). The summed E-state index contributed by atoms with van der Waals surface area (Å²) in [6.45, 7) is 1.19. The van der Waals surface area contributed by atoms with E-state index in [2.05, 4.69) is 10.6 Å². The van der Waals surface area contributed by atoms with Crippen LogP contribution in [0.5, 0.6) is 5.75 Å². The SMILES string of the molecule is O=C(CC1(CN2Cc3ccccc3C2=O)CCCCC1)Nc1ccc2c(c1)OCC(=O)N2. The van der Waals surface area contributed by atoms with E-state index in [9.17, 15) is 14.4 Å². The fourth-order valence-electron chi connectivity index (χ4n) is 5.24. The van der Waals surface area contributed by atoms with Gasteiger partial charge in [-0.05, 0) is 42.0 Å². The lowest BCUT2D eigenvalue weighted by Crippen LogP contribution is -2.41. The Bertz CT molecular complexity index is 1070. The minimum absolute atomic E-state index is 0.0280. The van der Waals surface area contributed by atoms with Crippen LogP contribution in [-0.2, 0) is 16.1 Å². The molecule has 32 heavy (non-hydrogen) atoms. The van der Waals surface area contributed by atoms with E-state index in [1.807, 2.05) is 29.2 Å². The molecule has 0 atom stereocenters. The second-order valence-corrected chi connectivity index (χ2v) is 9.15. The van der Waals surface area contributed by atoms with E-state index < -0.39 is 0 Å². The number of nitrogens with one attached hydrogen (secondary N) is 2. The van der Waals surface area contributed by atoms with Gasteiger partial charge in [-0.3, -0.25) is 14.4 Å². The highest BCUT2D eigenvalue weighted by atomic mass is 16.5. The number of ether oxygens (including phenoxy) is 1. The van der Waals surface area contributed by atoms with Crippen molar-refractivity contribution in [3.8, 4) is 5.75 Å². The summed E-state index contributed by atoms with van der Waals surface area (Å²) < 4.78 is 5.45. The molecule has 0 spiro atoms. The highest BCUT2D eigenvalue weighted by molar-refractivity contribution is 5.99. The van der Waals surface area contributed by atoms with Crippen molar-refractivity contribution in [2.24, 2.45) is 5.41 Å². The minimum atomic E-state index is -0.210. The third-order valence-corrected chi connectivity index (χ3v) is 6.77. The number of nitrogens with zero attached hydrogens (tertiary/aromatic N) is 1. The predicted molar refractivity (Wildman–Crippen MR) is 121 cm³/mol. The van der Waals surface area contributed by atoms with Crippen molar-refractivity contribution in [3.63, 3.8) is 0 Å². The van der Waals surface area contributed by atoms with Gasteiger partial charge in [-0.15, -0.1) is 0 Å². The lowest BCUT2D eigenvalue weighted by atomic mass is 9.71. The monoisotopic (exact) mass is 433 g/mol. The van der Waals surface area contributed by atoms with Crippen LogP contribution in [-0.4, -0.2) is 35.8 Å². The summed E-state index contributed by atoms with van der Waals surface area (Å²) in [6.07, 6.45) is 5.59. The first-order valence-corrected chi connectivity index (χ1v) is 11.3. The number of anilines is 2. The second-order valence-electron chi connectivity index (χ2n) is 9.15. The maximum atomic E-state index is 13.1. The second kappa shape index (κ2) is 8.30. The molecule has 2 aromatic carbocycles. The summed E-state index contributed by atoms with van der Waals surface area (Å²) >= 11 is 0. The zero-order chi connectivity index (χ0) is 22.1. The van der Waals surface area contributed by atoms with Crippen LogP contribution in [0.25, 0.3) is 0 Å². The Kier molecular flexibility index (Phi) is 5.33. The van der Waals surface area contributed by atoms with Gasteiger partial charge in [0.2, 0.25) is 5.91 Å². The van der Waals surface area contributed by atoms with Gasteiger partial charge in [0.05, 0.1) is 5.69 Å². The van der Waals surface area contributed by atoms with Crippen molar-refractivity contribution in [2.45, 2.75) is 45.1 Å². The molecule has 0 unspecified atom stereocenters. The van der Waals surface area contributed by atoms with E-state index in [-0.39, 0.29) is 29.7 Å². The smallest absolute Gasteiger partial charge is 0.262 e. The van der Waals surface area contributed by atoms with Crippen LogP contribution in [0.3, 0.4) is 0 Å². The molecule has 5 rings (SSSR count). The minimum Gasteiger partial charge on any atom is -0.482 e. The van der Waals surface area contributed by atoms with E-state index in [0.29, 0.717) is 36.6 Å². The van der Waals surface area contributed by atoms with Gasteiger partial charge in [-0.2, -0.15) is 0 Å². The van der Waals surface area contributed by atoms with Gasteiger partial charge < -0.3 is 20.3 Å². The van der Waals surface area contributed by atoms with E-state index >= 15 is 0 Å². The number of fused-ring (bicyclic) bond motifs is 2. The van der Waals surface area contributed by atoms with Crippen molar-refractivity contribution in [1.82, 2.24) is 4.90 Å². The molecule has 166 valence electrons. The molecule has 2 aliphatic heterocycles. The van der Waals surface area contributed by atoms with Gasteiger partial charge in [0, 0.05) is 36.8 Å². The average Bonchev–Trinajstić information content (AvgIpc) is 3.09. The van der Waals surface area contributed by atoms with Crippen molar-refractivity contribution in [2.75, 3.05) is 23.8 Å². The Labute approximate surface area is 187 Å². The first kappa shape index (κ1) is 20.5. The van der Waals surface area contributed by atoms with Crippen molar-refractivity contribution in [1.29, 1.82) is 0 Å². The Morgan fingerprint density at radius 3 is 2.72 bits per heavy atom. The fourth-order valence-corrected chi connectivity index (χ4v) is 5.24. The van der Waals surface area contributed by atoms with Crippen LogP contribution < -0.4 is 15.4 Å². The van der Waals surface area contributed by atoms with Gasteiger partial charge in [0.25, 0.3) is 11.8 Å². The van der Waals surface area contributed by atoms with E-state index in [4.69, 9.17) is 4.74 Å². The average molecular weight is 434 g/mol. The topological polar surface area (TPSA) is 87.7 Å². The third-order valence-electron chi connectivity index (χ3n) is 6.77. The Morgan fingerprint density at radius 2 is 1.91 bits per heavy atom. The number of amides is 3. The number of hydrogen-bond acceptors (Lipinski definition) is 4. The van der Waals surface area contributed by atoms with Crippen LogP contribution in [0.15, 0.2) is 42.5 Å². The van der Waals surface area contributed by atoms with Crippen LogP contribution in [0.4, 0.5) is 11.4 Å². The van der Waals surface area contributed by atoms with Gasteiger partial charge in [0.15, 0.2) is 6.61 Å². The van der Waals surface area contributed by atoms with Crippen LogP contribution in [0, 0.1) is 5.41 Å². The maximum absolute atomic E-state index is 13.1. The Morgan fingerprint density at radius 1 is 1.09 bits per heavy atom. The van der Waals surface area contributed by atoms with E-state index in [1.54, 1.807) is 18.2 Å². The molecule has 3 amide bonds. The van der Waals surface area contributed by atoms with Crippen LogP contribution in [0.2, 0.25) is 0 Å². The van der Waals surface area contributed by atoms with Crippen LogP contribution in [0.1, 0.15) is 54.4 Å². The molecule has 0 radical (unpaired) electrons. The highest BCUT2D eigenvalue weighted by Gasteiger charge is 2.39. The van der Waals surface area contributed by atoms with Gasteiger partial charge in [-0.25, -0.2) is 0 Å². The van der Waals surface area contributed by atoms with Gasteiger partial charge in [0.1, 0.15) is 5.75 Å². The molecule has 7 heteroatoms. The zero-order valence-corrected chi connectivity index (χ0v) is 18.0. The first-order chi connectivity index (χ1) is 15.5. The van der Waals surface area contributed by atoms with Crippen molar-refractivity contribution in [3.05, 3.63) is 53.6 Å². The molecule has 0 saturated heterocycles. The largest absolute Gasteiger partial charge is 0.482 e. The highest BCUT2D eigenvalue weighted by Crippen LogP contribution is 2.42. The molecular formula is C25H27N3O4. The molecule has 1 aliphatic carbocycles. The maximum Gasteiger partial charge on any atom is 0.262 e. The van der Waals surface area contributed by atoms with Crippen LogP contribution >= 0.6 is 0 Å². The molecule has 1 saturated carbocycles. The lowest BCUT2D eigenvalue weighted by molar-refractivity contribution is -0.120. The molecule has 2 N–H and O–H groups in total. The van der Waals surface area contributed by atoms with Gasteiger partial charge in [-0.1, -0.05) is 37.5 Å². The molecule has 0 aromatic heterocycles. The Hall–Kier alpha value is -3.35. The predicted octanol–water partition coefficient (Wildman–Crippen LogP) is 3.95. The number of hydrogen-bond donors (Lipinski definition) is 2. The molecule has 7 nitrogen and oxygen atoms in total. The quantitative estimate of drug-likeness (QED) is 0.747. The van der Waals surface area contributed by atoms with Gasteiger partial charge >= 0.3 is 0 Å². The fraction of sp³-hybridized carbons (Fsp3) is 0.400. The number of benzene rings is 2.